The van der Waals surface area contributed by atoms with Crippen LogP contribution in [0, 0.1) is 0 Å². The van der Waals surface area contributed by atoms with Crippen LogP contribution in [0.3, 0.4) is 0 Å². The summed E-state index contributed by atoms with van der Waals surface area (Å²) < 4.78 is 5.73. The topological polar surface area (TPSA) is 116 Å². The fourth-order valence-electron chi connectivity index (χ4n) is 2.19. The van der Waals surface area contributed by atoms with Crippen LogP contribution in [-0.2, 0) is 6.42 Å². The fraction of sp³-hybridized carbons (Fsp3) is 0.579. The summed E-state index contributed by atoms with van der Waals surface area (Å²) in [7, 11) is -0.917. The van der Waals surface area contributed by atoms with Gasteiger partial charge in [-0.3, -0.25) is 0 Å². The lowest BCUT2D eigenvalue weighted by Gasteiger charge is -2.24. The first-order chi connectivity index (χ1) is 12.5. The van der Waals surface area contributed by atoms with Crippen LogP contribution in [-0.4, -0.2) is 45.4 Å². The highest BCUT2D eigenvalue weighted by atomic mass is 31.1. The molecule has 0 atom stereocenters. The van der Waals surface area contributed by atoms with E-state index in [0.29, 0.717) is 6.42 Å². The van der Waals surface area contributed by atoms with E-state index < -0.39 is 14.6 Å². The molecule has 0 amide bonds. The minimum absolute atomic E-state index is 0.210. The molecule has 0 spiro atoms. The molecule has 0 aliphatic heterocycles. The van der Waals surface area contributed by atoms with Crippen LogP contribution in [0.5, 0.6) is 5.75 Å². The third-order valence-corrected chi connectivity index (χ3v) is 3.90. The molecule has 0 fully saturated rings. The van der Waals surface area contributed by atoms with Crippen LogP contribution in [0.15, 0.2) is 36.4 Å². The first-order valence-electron chi connectivity index (χ1n) is 8.95. The molecule has 0 heterocycles. The van der Waals surface area contributed by atoms with Crippen molar-refractivity contribution in [3.05, 3.63) is 42.0 Å². The monoisotopic (exact) mass is 387 g/mol. The van der Waals surface area contributed by atoms with Crippen LogP contribution in [0.1, 0.15) is 44.6 Å². The number of ether oxygens (including phenoxy) is 1. The second kappa shape index (κ2) is 16.2. The Morgan fingerprint density at radius 1 is 1.08 bits per heavy atom. The van der Waals surface area contributed by atoms with Crippen molar-refractivity contribution in [1.29, 1.82) is 0 Å². The van der Waals surface area contributed by atoms with Gasteiger partial charge in [-0.2, -0.15) is 0 Å². The standard InChI is InChI=1S/C19H31NO3.H3O2P/c1-2-3-4-5-6-7-14-23-18-10-8-17(9-11-18)12-13-19(20,15-21)16-22;1-3-2/h3-4,8-11,21-22H,2,5-7,12-16,20H2,1H3;1-3H/b4-3-;. The zero-order valence-electron chi connectivity index (χ0n) is 15.6. The van der Waals surface area contributed by atoms with E-state index in [0.717, 1.165) is 50.0 Å². The van der Waals surface area contributed by atoms with Gasteiger partial charge in [-0.1, -0.05) is 31.2 Å². The van der Waals surface area contributed by atoms with Crippen LogP contribution in [0.25, 0.3) is 0 Å². The molecule has 0 aromatic heterocycles. The average Bonchev–Trinajstić information content (AvgIpc) is 2.67. The van der Waals surface area contributed by atoms with Gasteiger partial charge in [0.05, 0.1) is 25.4 Å². The summed E-state index contributed by atoms with van der Waals surface area (Å²) in [6.45, 7) is 2.46. The predicted molar refractivity (Wildman–Crippen MR) is 107 cm³/mol. The number of unbranched alkanes of at least 4 members (excludes halogenated alkanes) is 2. The summed E-state index contributed by atoms with van der Waals surface area (Å²) in [5, 5.41) is 18.4. The van der Waals surface area contributed by atoms with Crippen molar-refractivity contribution in [3.63, 3.8) is 0 Å². The minimum Gasteiger partial charge on any atom is -0.494 e. The molecule has 26 heavy (non-hydrogen) atoms. The van der Waals surface area contributed by atoms with Gasteiger partial charge in [0.1, 0.15) is 14.8 Å². The minimum atomic E-state index is -0.917. The first kappa shape index (κ1) is 25.0. The highest BCUT2D eigenvalue weighted by molar-refractivity contribution is 7.23. The van der Waals surface area contributed by atoms with Crippen LogP contribution >= 0.6 is 9.03 Å². The average molecular weight is 387 g/mol. The summed E-state index contributed by atoms with van der Waals surface area (Å²) in [5.74, 6) is 0.876. The SMILES string of the molecule is CC/C=C\CCCCOc1ccc(CCC(N)(CO)CO)cc1.OPO. The second-order valence-electron chi connectivity index (χ2n) is 6.15. The summed E-state index contributed by atoms with van der Waals surface area (Å²) in [6.07, 6.45) is 10.1. The molecule has 150 valence electrons. The lowest BCUT2D eigenvalue weighted by molar-refractivity contribution is 0.115. The summed E-state index contributed by atoms with van der Waals surface area (Å²) in [6, 6.07) is 7.94. The van der Waals surface area contributed by atoms with Crippen molar-refractivity contribution in [1.82, 2.24) is 0 Å². The Labute approximate surface area is 158 Å². The molecular weight excluding hydrogens is 353 g/mol. The van der Waals surface area contributed by atoms with Crippen molar-refractivity contribution in [3.8, 4) is 5.75 Å². The Hall–Kier alpha value is -1.01. The van der Waals surface area contributed by atoms with Crippen LogP contribution in [0.2, 0.25) is 0 Å². The van der Waals surface area contributed by atoms with Crippen LogP contribution in [0.4, 0.5) is 0 Å². The molecule has 0 bridgehead atoms. The Morgan fingerprint density at radius 2 is 1.69 bits per heavy atom. The van der Waals surface area contributed by atoms with Gasteiger partial charge in [0.15, 0.2) is 0 Å². The molecule has 7 heteroatoms. The van der Waals surface area contributed by atoms with Gasteiger partial charge in [0, 0.05) is 0 Å². The third kappa shape index (κ3) is 12.4. The normalized spacial score (nSPS) is 11.3. The second-order valence-corrected chi connectivity index (χ2v) is 6.35. The molecule has 0 unspecified atom stereocenters. The molecule has 1 aromatic rings. The van der Waals surface area contributed by atoms with E-state index in [9.17, 15) is 10.2 Å². The molecule has 0 radical (unpaired) electrons. The summed E-state index contributed by atoms with van der Waals surface area (Å²) >= 11 is 0. The first-order valence-corrected chi connectivity index (χ1v) is 9.85. The number of allylic oxidation sites excluding steroid dienone is 2. The van der Waals surface area contributed by atoms with Gasteiger partial charge < -0.3 is 30.5 Å². The van der Waals surface area contributed by atoms with Crippen LogP contribution < -0.4 is 10.5 Å². The maximum absolute atomic E-state index is 9.19. The lowest BCUT2D eigenvalue weighted by Crippen LogP contribution is -2.47. The Kier molecular flexibility index (Phi) is 15.6. The molecular formula is C19H34NO5P. The molecule has 0 aliphatic carbocycles. The summed E-state index contributed by atoms with van der Waals surface area (Å²) in [4.78, 5) is 14.3. The van der Waals surface area contributed by atoms with E-state index in [1.807, 2.05) is 24.3 Å². The van der Waals surface area contributed by atoms with E-state index in [2.05, 4.69) is 19.1 Å². The van der Waals surface area contributed by atoms with E-state index in [1.54, 1.807) is 0 Å². The maximum atomic E-state index is 9.19. The summed E-state index contributed by atoms with van der Waals surface area (Å²) in [5.41, 5.74) is 6.09. The van der Waals surface area contributed by atoms with Gasteiger partial charge in [-0.25, -0.2) is 0 Å². The van der Waals surface area contributed by atoms with Gasteiger partial charge in [-0.05, 0) is 56.2 Å². The number of nitrogens with two attached hydrogens (primary N) is 1. The Bertz CT molecular complexity index is 464. The van der Waals surface area contributed by atoms with E-state index in [1.165, 1.54) is 0 Å². The third-order valence-electron chi connectivity index (χ3n) is 3.90. The number of rotatable bonds is 12. The van der Waals surface area contributed by atoms with E-state index in [-0.39, 0.29) is 13.2 Å². The van der Waals surface area contributed by atoms with Crippen molar-refractivity contribution in [2.45, 2.75) is 51.0 Å². The van der Waals surface area contributed by atoms with Crippen molar-refractivity contribution in [2.24, 2.45) is 5.73 Å². The molecule has 0 aliphatic rings. The lowest BCUT2D eigenvalue weighted by atomic mass is 9.94. The number of hydrogen-bond donors (Lipinski definition) is 5. The van der Waals surface area contributed by atoms with Crippen molar-refractivity contribution >= 4 is 9.03 Å². The van der Waals surface area contributed by atoms with E-state index in [4.69, 9.17) is 20.3 Å². The molecule has 6 N–H and O–H groups in total. The maximum Gasteiger partial charge on any atom is 0.149 e. The molecule has 6 nitrogen and oxygen atoms in total. The van der Waals surface area contributed by atoms with Gasteiger partial charge in [0.25, 0.3) is 0 Å². The zero-order chi connectivity index (χ0) is 19.7. The van der Waals surface area contributed by atoms with Crippen molar-refractivity contribution in [2.75, 3.05) is 19.8 Å². The highest BCUT2D eigenvalue weighted by Crippen LogP contribution is 2.16. The fourth-order valence-corrected chi connectivity index (χ4v) is 2.19. The highest BCUT2D eigenvalue weighted by Gasteiger charge is 2.22. The molecule has 1 aromatic carbocycles. The van der Waals surface area contributed by atoms with Gasteiger partial charge >= 0.3 is 0 Å². The Balaban J connectivity index is 0.00000194. The zero-order valence-corrected chi connectivity index (χ0v) is 16.6. The molecule has 0 saturated carbocycles. The Morgan fingerprint density at radius 3 is 2.23 bits per heavy atom. The van der Waals surface area contributed by atoms with E-state index >= 15 is 0 Å². The quantitative estimate of drug-likeness (QED) is 0.213. The number of aliphatic hydroxyl groups is 2. The number of hydrogen-bond acceptors (Lipinski definition) is 6. The predicted octanol–water partition coefficient (Wildman–Crippen LogP) is 2.30. The smallest absolute Gasteiger partial charge is 0.149 e. The molecule has 0 saturated heterocycles. The number of benzene rings is 1. The largest absolute Gasteiger partial charge is 0.494 e. The molecule has 1 rings (SSSR count). The number of aryl methyl sites for hydroxylation is 1. The van der Waals surface area contributed by atoms with Crippen molar-refractivity contribution < 1.29 is 24.7 Å². The van der Waals surface area contributed by atoms with Gasteiger partial charge in [-0.15, -0.1) is 0 Å². The van der Waals surface area contributed by atoms with Gasteiger partial charge in [0.2, 0.25) is 0 Å². The number of aliphatic hydroxyl groups excluding tert-OH is 2.